The molecular formula is C32H26O2. The third-order valence-electron chi connectivity index (χ3n) is 10.3. The van der Waals surface area contributed by atoms with Crippen molar-refractivity contribution >= 4 is 0 Å². The highest BCUT2D eigenvalue weighted by atomic mass is 16.5. The molecule has 3 fully saturated rings. The van der Waals surface area contributed by atoms with Crippen molar-refractivity contribution in [1.29, 1.82) is 0 Å². The van der Waals surface area contributed by atoms with Crippen molar-refractivity contribution in [2.75, 3.05) is 0 Å². The fraction of sp³-hybridized carbons (Fsp3) is 0.312. The second-order valence-corrected chi connectivity index (χ2v) is 11.2. The van der Waals surface area contributed by atoms with Crippen molar-refractivity contribution < 1.29 is 9.47 Å². The van der Waals surface area contributed by atoms with Crippen LogP contribution in [-0.2, 0) is 20.7 Å². The zero-order chi connectivity index (χ0) is 22.1. The second kappa shape index (κ2) is 5.75. The molecule has 0 aromatic heterocycles. The molecule has 4 bridgehead atoms. The minimum atomic E-state index is -0.433. The van der Waals surface area contributed by atoms with Gasteiger partial charge >= 0.3 is 0 Å². The number of fused-ring (bicyclic) bond motifs is 16. The summed E-state index contributed by atoms with van der Waals surface area (Å²) >= 11 is 0. The van der Waals surface area contributed by atoms with Crippen molar-refractivity contribution in [1.82, 2.24) is 0 Å². The lowest BCUT2D eigenvalue weighted by Gasteiger charge is -2.41. The van der Waals surface area contributed by atoms with E-state index < -0.39 is 11.2 Å². The minimum absolute atomic E-state index is 0.132. The molecule has 0 radical (unpaired) electrons. The van der Waals surface area contributed by atoms with Crippen LogP contribution in [0.15, 0.2) is 109 Å². The monoisotopic (exact) mass is 442 g/mol. The Labute approximate surface area is 199 Å². The van der Waals surface area contributed by atoms with E-state index in [1.807, 2.05) is 6.26 Å². The van der Waals surface area contributed by atoms with E-state index in [1.165, 1.54) is 28.7 Å². The van der Waals surface area contributed by atoms with E-state index in [4.69, 9.17) is 9.47 Å². The summed E-state index contributed by atoms with van der Waals surface area (Å²) in [7, 11) is 0. The van der Waals surface area contributed by atoms with Gasteiger partial charge in [0, 0.05) is 23.2 Å². The number of allylic oxidation sites excluding steroid dienone is 1. The molecule has 1 spiro atoms. The van der Waals surface area contributed by atoms with Gasteiger partial charge in [0.2, 0.25) is 0 Å². The molecule has 3 aliphatic heterocycles. The molecule has 2 saturated carbocycles. The topological polar surface area (TPSA) is 18.5 Å². The van der Waals surface area contributed by atoms with Crippen LogP contribution >= 0.6 is 0 Å². The van der Waals surface area contributed by atoms with Crippen LogP contribution in [0.25, 0.3) is 0 Å². The van der Waals surface area contributed by atoms with Gasteiger partial charge in [-0.2, -0.15) is 0 Å². The zero-order valence-corrected chi connectivity index (χ0v) is 18.9. The van der Waals surface area contributed by atoms with Gasteiger partial charge in [-0.05, 0) is 46.6 Å². The van der Waals surface area contributed by atoms with Crippen molar-refractivity contribution in [3.8, 4) is 0 Å². The highest BCUT2D eigenvalue weighted by Gasteiger charge is 2.82. The van der Waals surface area contributed by atoms with E-state index >= 15 is 0 Å². The summed E-state index contributed by atoms with van der Waals surface area (Å²) in [5.74, 6) is 2.41. The van der Waals surface area contributed by atoms with Crippen molar-refractivity contribution in [3.63, 3.8) is 0 Å². The molecule has 3 aromatic carbocycles. The van der Waals surface area contributed by atoms with Gasteiger partial charge in [-0.1, -0.05) is 97.1 Å². The van der Waals surface area contributed by atoms with Gasteiger partial charge in [-0.3, -0.25) is 0 Å². The third kappa shape index (κ3) is 1.73. The fourth-order valence-corrected chi connectivity index (χ4v) is 9.26. The first-order valence-corrected chi connectivity index (χ1v) is 12.7. The Morgan fingerprint density at radius 1 is 0.676 bits per heavy atom. The lowest BCUT2D eigenvalue weighted by atomic mass is 9.58. The van der Waals surface area contributed by atoms with Crippen LogP contribution in [0, 0.1) is 35.0 Å². The van der Waals surface area contributed by atoms with Gasteiger partial charge in [-0.15, -0.1) is 0 Å². The maximum atomic E-state index is 7.64. The molecule has 3 heterocycles. The van der Waals surface area contributed by atoms with E-state index in [2.05, 4.69) is 103 Å². The highest BCUT2D eigenvalue weighted by Crippen LogP contribution is 2.81. The van der Waals surface area contributed by atoms with Crippen LogP contribution in [0.4, 0.5) is 0 Å². The highest BCUT2D eigenvalue weighted by molar-refractivity contribution is 5.59. The number of rotatable bonds is 2. The van der Waals surface area contributed by atoms with Gasteiger partial charge in [0.05, 0.1) is 6.26 Å². The Hall–Kier alpha value is -3.10. The van der Waals surface area contributed by atoms with Crippen LogP contribution in [0.1, 0.15) is 28.7 Å². The average Bonchev–Trinajstić information content (AvgIpc) is 3.42. The van der Waals surface area contributed by atoms with Crippen molar-refractivity contribution in [3.05, 3.63) is 132 Å². The lowest BCUT2D eigenvalue weighted by Crippen LogP contribution is -2.43. The number of benzene rings is 3. The summed E-state index contributed by atoms with van der Waals surface area (Å²) in [6.07, 6.45) is 10.9. The van der Waals surface area contributed by atoms with Crippen molar-refractivity contribution in [2.45, 2.75) is 23.7 Å². The molecule has 0 unspecified atom stereocenters. The number of hydrogen-bond acceptors (Lipinski definition) is 2. The molecule has 0 amide bonds. The summed E-state index contributed by atoms with van der Waals surface area (Å²) in [5, 5.41) is 0. The van der Waals surface area contributed by atoms with Gasteiger partial charge in [0.15, 0.2) is 0 Å². The number of hydrogen-bond donors (Lipinski definition) is 0. The molecule has 9 atom stereocenters. The van der Waals surface area contributed by atoms with E-state index in [0.29, 0.717) is 35.7 Å². The quantitative estimate of drug-likeness (QED) is 0.441. The summed E-state index contributed by atoms with van der Waals surface area (Å²) in [4.78, 5) is 0. The summed E-state index contributed by atoms with van der Waals surface area (Å²) in [5.41, 5.74) is 4.62. The first-order chi connectivity index (χ1) is 16.8. The second-order valence-electron chi connectivity index (χ2n) is 11.2. The van der Waals surface area contributed by atoms with Crippen molar-refractivity contribution in [2.24, 2.45) is 35.0 Å². The van der Waals surface area contributed by atoms with Crippen LogP contribution in [0.5, 0.6) is 0 Å². The summed E-state index contributed by atoms with van der Waals surface area (Å²) in [6.45, 7) is 0. The molecule has 3 aromatic rings. The van der Waals surface area contributed by atoms with Gasteiger partial charge in [0.1, 0.15) is 17.3 Å². The molecule has 2 heteroatoms. The fourth-order valence-electron chi connectivity index (χ4n) is 9.26. The molecule has 6 aliphatic rings. The Kier molecular flexibility index (Phi) is 3.09. The number of ether oxygens (including phenoxy) is 2. The largest absolute Gasteiger partial charge is 0.497 e. The van der Waals surface area contributed by atoms with Crippen LogP contribution < -0.4 is 0 Å². The minimum Gasteiger partial charge on any atom is -0.497 e. The predicted molar refractivity (Wildman–Crippen MR) is 130 cm³/mol. The van der Waals surface area contributed by atoms with Crippen LogP contribution in [0.2, 0.25) is 0 Å². The maximum Gasteiger partial charge on any atom is 0.124 e. The van der Waals surface area contributed by atoms with E-state index in [1.54, 1.807) is 0 Å². The maximum absolute atomic E-state index is 7.64. The van der Waals surface area contributed by atoms with Crippen LogP contribution in [0.3, 0.4) is 0 Å². The molecular weight excluding hydrogens is 416 g/mol. The molecule has 3 aliphatic carbocycles. The van der Waals surface area contributed by atoms with E-state index in [0.717, 1.165) is 0 Å². The van der Waals surface area contributed by atoms with Crippen LogP contribution in [-0.4, -0.2) is 6.10 Å². The normalized spacial score (nSPS) is 45.2. The molecule has 0 N–H and O–H groups in total. The predicted octanol–water partition coefficient (Wildman–Crippen LogP) is 6.18. The van der Waals surface area contributed by atoms with E-state index in [-0.39, 0.29) is 5.41 Å². The van der Waals surface area contributed by atoms with Gasteiger partial charge in [0.25, 0.3) is 0 Å². The summed E-state index contributed by atoms with van der Waals surface area (Å²) in [6, 6.07) is 31.2. The molecule has 166 valence electrons. The van der Waals surface area contributed by atoms with E-state index in [9.17, 15) is 0 Å². The Balaban J connectivity index is 1.37. The van der Waals surface area contributed by atoms with Gasteiger partial charge in [-0.25, -0.2) is 0 Å². The lowest BCUT2D eigenvalue weighted by molar-refractivity contribution is -0.0748. The summed E-state index contributed by atoms with van der Waals surface area (Å²) < 4.78 is 13.8. The Bertz CT molecular complexity index is 1390. The standard InChI is InChI=1S/C32H26O2/c1-3-9-21(10-4-1)31-23-13-7-8-14-24(23)32(34-31,22-11-5-2-6-12-22)28-26-19-20(27(28)31)15-17-30(26)25-16-18-33-29(25)30/h1-18,20,25-29H,19H2/t20-,25+,26+,27+,28-,29-,30-,31-,32+/m1/s1. The molecule has 2 nitrogen and oxygen atoms in total. The zero-order valence-electron chi connectivity index (χ0n) is 18.9. The first-order valence-electron chi connectivity index (χ1n) is 12.7. The SMILES string of the molecule is C1=C[C@H]2[C@@H](O1)[C@]21C=C[C@@H]2C[C@H]1[C@@H]1[C@H]2[C@]2(c3ccccc3)O[C@@]1(c1ccccc1)c1ccccc12. The first kappa shape index (κ1) is 18.3. The third-order valence-corrected chi connectivity index (χ3v) is 10.3. The molecule has 34 heavy (non-hydrogen) atoms. The smallest absolute Gasteiger partial charge is 0.124 e. The molecule has 1 saturated heterocycles. The average molecular weight is 443 g/mol. The van der Waals surface area contributed by atoms with Gasteiger partial charge < -0.3 is 9.47 Å². The Morgan fingerprint density at radius 2 is 1.29 bits per heavy atom. The Morgan fingerprint density at radius 3 is 1.91 bits per heavy atom. The molecule has 9 rings (SSSR count).